The van der Waals surface area contributed by atoms with E-state index in [4.69, 9.17) is 0 Å². The van der Waals surface area contributed by atoms with Crippen LogP contribution >= 0.6 is 7.14 Å². The average molecular weight is 333 g/mol. The van der Waals surface area contributed by atoms with Crippen molar-refractivity contribution in [1.29, 1.82) is 0 Å². The van der Waals surface area contributed by atoms with E-state index < -0.39 is 12.7 Å². The number of nitrogens with zero attached hydrogens (tertiary/aromatic N) is 3. The standard InChI is InChI=1S/C17H24N3O2P/c1-23(2,22)15-9-6-10-17(21,11-15)13-20-12-16(18-19-20)14-7-4-3-5-8-14/h3-5,7-8,12,15,21H,6,9-11,13H2,1-2H3. The molecule has 3 rings (SSSR count). The van der Waals surface area contributed by atoms with Crippen LogP contribution in [0.2, 0.25) is 0 Å². The van der Waals surface area contributed by atoms with Crippen molar-refractivity contribution in [1.82, 2.24) is 15.0 Å². The van der Waals surface area contributed by atoms with Gasteiger partial charge in [-0.15, -0.1) is 5.10 Å². The van der Waals surface area contributed by atoms with Gasteiger partial charge in [-0.1, -0.05) is 35.5 Å². The van der Waals surface area contributed by atoms with Gasteiger partial charge < -0.3 is 9.67 Å². The minimum atomic E-state index is -2.17. The van der Waals surface area contributed by atoms with Crippen molar-refractivity contribution in [3.8, 4) is 11.3 Å². The summed E-state index contributed by atoms with van der Waals surface area (Å²) >= 11 is 0. The Bertz CT molecular complexity index is 710. The van der Waals surface area contributed by atoms with Gasteiger partial charge in [-0.05, 0) is 39.0 Å². The van der Waals surface area contributed by atoms with Gasteiger partial charge in [0.25, 0.3) is 0 Å². The van der Waals surface area contributed by atoms with Gasteiger partial charge in [-0.3, -0.25) is 0 Å². The molecule has 0 aliphatic heterocycles. The minimum absolute atomic E-state index is 0.110. The highest BCUT2D eigenvalue weighted by molar-refractivity contribution is 7.63. The maximum Gasteiger partial charge on any atom is 0.113 e. The Morgan fingerprint density at radius 3 is 2.78 bits per heavy atom. The fraction of sp³-hybridized carbons (Fsp3) is 0.529. The molecule has 1 N–H and O–H groups in total. The Morgan fingerprint density at radius 2 is 2.09 bits per heavy atom. The quantitative estimate of drug-likeness (QED) is 0.872. The third kappa shape index (κ3) is 3.91. The van der Waals surface area contributed by atoms with E-state index in [2.05, 4.69) is 10.3 Å². The lowest BCUT2D eigenvalue weighted by Gasteiger charge is -2.38. The summed E-state index contributed by atoms with van der Waals surface area (Å²) in [7, 11) is -2.17. The monoisotopic (exact) mass is 333 g/mol. The Morgan fingerprint density at radius 1 is 1.35 bits per heavy atom. The lowest BCUT2D eigenvalue weighted by atomic mass is 9.84. The number of hydrogen-bond acceptors (Lipinski definition) is 4. The van der Waals surface area contributed by atoms with Crippen LogP contribution < -0.4 is 0 Å². The highest BCUT2D eigenvalue weighted by Gasteiger charge is 2.39. The number of benzene rings is 1. The van der Waals surface area contributed by atoms with E-state index in [-0.39, 0.29) is 5.66 Å². The molecular weight excluding hydrogens is 309 g/mol. The molecular formula is C17H24N3O2P. The highest BCUT2D eigenvalue weighted by atomic mass is 31.2. The molecule has 2 unspecified atom stereocenters. The zero-order valence-electron chi connectivity index (χ0n) is 13.7. The summed E-state index contributed by atoms with van der Waals surface area (Å²) in [6.07, 6.45) is 5.03. The van der Waals surface area contributed by atoms with Gasteiger partial charge >= 0.3 is 0 Å². The van der Waals surface area contributed by atoms with Crippen molar-refractivity contribution in [2.24, 2.45) is 0 Å². The van der Waals surface area contributed by atoms with E-state index in [1.54, 1.807) is 4.68 Å². The first-order chi connectivity index (χ1) is 10.9. The van der Waals surface area contributed by atoms with Gasteiger partial charge in [-0.25, -0.2) is 4.68 Å². The number of rotatable bonds is 4. The molecule has 0 saturated heterocycles. The molecule has 1 heterocycles. The summed E-state index contributed by atoms with van der Waals surface area (Å²) in [5.74, 6) is 0. The fourth-order valence-electron chi connectivity index (χ4n) is 3.40. The van der Waals surface area contributed by atoms with Gasteiger partial charge in [0.15, 0.2) is 0 Å². The molecule has 1 aliphatic rings. The van der Waals surface area contributed by atoms with Crippen molar-refractivity contribution in [2.45, 2.75) is 43.5 Å². The van der Waals surface area contributed by atoms with Crippen molar-refractivity contribution >= 4 is 7.14 Å². The van der Waals surface area contributed by atoms with Gasteiger partial charge in [0, 0.05) is 11.2 Å². The molecule has 124 valence electrons. The number of aromatic nitrogens is 3. The van der Waals surface area contributed by atoms with E-state index in [1.807, 2.05) is 49.9 Å². The summed E-state index contributed by atoms with van der Waals surface area (Å²) in [5, 5.41) is 19.3. The SMILES string of the molecule is CP(C)(=O)C1CCCC(O)(Cn2cc(-c3ccccc3)nn2)C1. The van der Waals surface area contributed by atoms with Crippen LogP contribution in [-0.2, 0) is 11.1 Å². The fourth-order valence-corrected chi connectivity index (χ4v) is 4.99. The number of hydrogen-bond donors (Lipinski definition) is 1. The Balaban J connectivity index is 1.74. The van der Waals surface area contributed by atoms with Gasteiger partial charge in [-0.2, -0.15) is 0 Å². The Hall–Kier alpha value is -1.45. The van der Waals surface area contributed by atoms with E-state index >= 15 is 0 Å². The van der Waals surface area contributed by atoms with Gasteiger partial charge in [0.2, 0.25) is 0 Å². The summed E-state index contributed by atoms with van der Waals surface area (Å²) in [4.78, 5) is 0. The molecule has 1 fully saturated rings. The van der Waals surface area contributed by atoms with E-state index in [0.29, 0.717) is 13.0 Å². The lowest BCUT2D eigenvalue weighted by molar-refractivity contribution is -0.0135. The predicted octanol–water partition coefficient (Wildman–Crippen LogP) is 3.24. The van der Waals surface area contributed by atoms with Crippen LogP contribution in [0.3, 0.4) is 0 Å². The highest BCUT2D eigenvalue weighted by Crippen LogP contribution is 2.51. The zero-order chi connectivity index (χ0) is 16.5. The smallest absolute Gasteiger partial charge is 0.113 e. The van der Waals surface area contributed by atoms with Crippen molar-refractivity contribution in [2.75, 3.05) is 13.3 Å². The summed E-state index contributed by atoms with van der Waals surface area (Å²) in [5.41, 5.74) is 1.09. The van der Waals surface area contributed by atoms with Crippen molar-refractivity contribution in [3.05, 3.63) is 36.5 Å². The van der Waals surface area contributed by atoms with Crippen LogP contribution in [0.4, 0.5) is 0 Å². The first-order valence-corrected chi connectivity index (χ1v) is 10.8. The van der Waals surface area contributed by atoms with Gasteiger partial charge in [0.1, 0.15) is 5.69 Å². The van der Waals surface area contributed by atoms with Crippen LogP contribution in [0.25, 0.3) is 11.3 Å². The van der Waals surface area contributed by atoms with Crippen LogP contribution in [0, 0.1) is 0 Å². The zero-order valence-corrected chi connectivity index (χ0v) is 14.6. The lowest BCUT2D eigenvalue weighted by Crippen LogP contribution is -2.41. The van der Waals surface area contributed by atoms with Crippen LogP contribution in [0.15, 0.2) is 36.5 Å². The van der Waals surface area contributed by atoms with E-state index in [0.717, 1.165) is 30.5 Å². The third-order valence-corrected chi connectivity index (χ3v) is 6.94. The third-order valence-electron chi connectivity index (χ3n) is 4.74. The van der Waals surface area contributed by atoms with Gasteiger partial charge in [0.05, 0.1) is 25.5 Å². The number of aliphatic hydroxyl groups is 1. The topological polar surface area (TPSA) is 68.0 Å². The second kappa shape index (κ2) is 6.21. The molecule has 1 aromatic carbocycles. The summed E-state index contributed by atoms with van der Waals surface area (Å²) in [6.45, 7) is 4.06. The molecule has 5 nitrogen and oxygen atoms in total. The second-order valence-electron chi connectivity index (χ2n) is 7.08. The minimum Gasteiger partial charge on any atom is -0.388 e. The Kier molecular flexibility index (Phi) is 4.43. The van der Waals surface area contributed by atoms with Crippen LogP contribution in [-0.4, -0.2) is 44.7 Å². The second-order valence-corrected chi connectivity index (χ2v) is 10.7. The molecule has 2 atom stereocenters. The van der Waals surface area contributed by atoms with Crippen molar-refractivity contribution < 1.29 is 9.67 Å². The molecule has 0 bridgehead atoms. The molecule has 2 aromatic rings. The summed E-state index contributed by atoms with van der Waals surface area (Å²) in [6, 6.07) is 9.88. The molecule has 0 amide bonds. The average Bonchev–Trinajstić information content (AvgIpc) is 2.95. The molecule has 0 radical (unpaired) electrons. The summed E-state index contributed by atoms with van der Waals surface area (Å²) < 4.78 is 14.1. The predicted molar refractivity (Wildman–Crippen MR) is 92.1 cm³/mol. The molecule has 1 aliphatic carbocycles. The normalized spacial score (nSPS) is 25.4. The first kappa shape index (κ1) is 16.4. The molecule has 0 spiro atoms. The molecule has 1 aromatic heterocycles. The van der Waals surface area contributed by atoms with E-state index in [1.165, 1.54) is 0 Å². The Labute approximate surface area is 137 Å². The molecule has 1 saturated carbocycles. The van der Waals surface area contributed by atoms with Crippen LogP contribution in [0.1, 0.15) is 25.7 Å². The van der Waals surface area contributed by atoms with Crippen molar-refractivity contribution in [3.63, 3.8) is 0 Å². The molecule has 23 heavy (non-hydrogen) atoms. The first-order valence-electron chi connectivity index (χ1n) is 8.08. The largest absolute Gasteiger partial charge is 0.388 e. The maximum atomic E-state index is 12.4. The molecule has 6 heteroatoms. The maximum absolute atomic E-state index is 12.4. The van der Waals surface area contributed by atoms with Crippen LogP contribution in [0.5, 0.6) is 0 Å². The van der Waals surface area contributed by atoms with E-state index in [9.17, 15) is 9.67 Å².